The Bertz CT molecular complexity index is 421. The molecular formula is C12H16N2. The molecule has 14 heavy (non-hydrogen) atoms. The molecule has 0 aromatic carbocycles. The third-order valence-electron chi connectivity index (χ3n) is 2.56. The van der Waals surface area contributed by atoms with E-state index in [-0.39, 0.29) is 5.41 Å². The van der Waals surface area contributed by atoms with Crippen LogP contribution in [0.1, 0.15) is 26.3 Å². The molecule has 0 saturated heterocycles. The van der Waals surface area contributed by atoms with E-state index in [0.29, 0.717) is 0 Å². The van der Waals surface area contributed by atoms with Crippen LogP contribution >= 0.6 is 0 Å². The molecule has 2 nitrogen and oxygen atoms in total. The fraction of sp³-hybridized carbons (Fsp3) is 0.417. The molecule has 0 aliphatic carbocycles. The van der Waals surface area contributed by atoms with Crippen LogP contribution in [-0.2, 0) is 12.5 Å². The highest BCUT2D eigenvalue weighted by atomic mass is 15.0. The van der Waals surface area contributed by atoms with E-state index in [9.17, 15) is 0 Å². The highest BCUT2D eigenvalue weighted by molar-refractivity contribution is 5.64. The van der Waals surface area contributed by atoms with Gasteiger partial charge in [-0.3, -0.25) is 0 Å². The first-order chi connectivity index (χ1) is 6.50. The van der Waals surface area contributed by atoms with E-state index >= 15 is 0 Å². The lowest BCUT2D eigenvalue weighted by Crippen LogP contribution is -2.11. The van der Waals surface area contributed by atoms with Crippen LogP contribution in [0.25, 0.3) is 11.4 Å². The zero-order valence-corrected chi connectivity index (χ0v) is 9.20. The molecule has 0 amide bonds. The van der Waals surface area contributed by atoms with Crippen molar-refractivity contribution < 1.29 is 0 Å². The summed E-state index contributed by atoms with van der Waals surface area (Å²) in [4.78, 5) is 4.45. The van der Waals surface area contributed by atoms with Gasteiger partial charge in [0, 0.05) is 25.0 Å². The molecule has 0 bridgehead atoms. The Morgan fingerprint density at radius 2 is 2.00 bits per heavy atom. The zero-order valence-electron chi connectivity index (χ0n) is 9.20. The second-order valence-electron chi connectivity index (χ2n) is 4.78. The van der Waals surface area contributed by atoms with E-state index < -0.39 is 0 Å². The largest absolute Gasteiger partial charge is 0.336 e. The van der Waals surface area contributed by atoms with Gasteiger partial charge in [0.05, 0.1) is 0 Å². The third-order valence-corrected chi connectivity index (χ3v) is 2.56. The van der Waals surface area contributed by atoms with Crippen molar-refractivity contribution >= 4 is 0 Å². The Morgan fingerprint density at radius 3 is 2.64 bits per heavy atom. The number of nitrogens with zero attached hydrogens (tertiary/aromatic N) is 2. The van der Waals surface area contributed by atoms with E-state index in [4.69, 9.17) is 0 Å². The third kappa shape index (κ3) is 1.31. The molecular weight excluding hydrogens is 172 g/mol. The molecule has 2 aliphatic rings. The number of pyridine rings is 1. The van der Waals surface area contributed by atoms with Gasteiger partial charge < -0.3 is 4.57 Å². The van der Waals surface area contributed by atoms with Gasteiger partial charge in [0.1, 0.15) is 5.82 Å². The average molecular weight is 188 g/mol. The number of aromatic nitrogens is 2. The van der Waals surface area contributed by atoms with Crippen LogP contribution in [0.15, 0.2) is 24.5 Å². The van der Waals surface area contributed by atoms with Gasteiger partial charge in [-0.15, -0.1) is 0 Å². The van der Waals surface area contributed by atoms with Crippen molar-refractivity contribution in [2.75, 3.05) is 0 Å². The first-order valence-electron chi connectivity index (χ1n) is 4.90. The summed E-state index contributed by atoms with van der Waals surface area (Å²) < 4.78 is 2.06. The first-order valence-corrected chi connectivity index (χ1v) is 4.90. The fourth-order valence-corrected chi connectivity index (χ4v) is 1.77. The molecule has 0 aromatic heterocycles. The Labute approximate surface area is 84.9 Å². The quantitative estimate of drug-likeness (QED) is 0.621. The lowest BCUT2D eigenvalue weighted by Gasteiger charge is -2.19. The summed E-state index contributed by atoms with van der Waals surface area (Å²) in [6.45, 7) is 6.66. The van der Waals surface area contributed by atoms with E-state index in [1.165, 1.54) is 11.1 Å². The lowest BCUT2D eigenvalue weighted by atomic mass is 9.86. The summed E-state index contributed by atoms with van der Waals surface area (Å²) in [7, 11) is 2.03. The number of fused-ring (bicyclic) bond motifs is 1. The number of rotatable bonds is 0. The second kappa shape index (κ2) is 2.84. The van der Waals surface area contributed by atoms with E-state index in [1.807, 2.05) is 19.4 Å². The smallest absolute Gasteiger partial charge is 0.139 e. The van der Waals surface area contributed by atoms with Crippen LogP contribution in [0.5, 0.6) is 0 Å². The molecule has 2 heterocycles. The van der Waals surface area contributed by atoms with Gasteiger partial charge in [-0.2, -0.15) is 0 Å². The number of hydrogen-bond donors (Lipinski definition) is 0. The average Bonchev–Trinajstić information content (AvgIpc) is 2.47. The summed E-state index contributed by atoms with van der Waals surface area (Å²) in [5, 5.41) is 0. The van der Waals surface area contributed by atoms with Gasteiger partial charge in [0.25, 0.3) is 0 Å². The van der Waals surface area contributed by atoms with Crippen molar-refractivity contribution in [1.29, 1.82) is 0 Å². The minimum atomic E-state index is 0.170. The van der Waals surface area contributed by atoms with Gasteiger partial charge in [0.2, 0.25) is 0 Å². The summed E-state index contributed by atoms with van der Waals surface area (Å²) in [5.41, 5.74) is 2.76. The Morgan fingerprint density at radius 1 is 1.29 bits per heavy atom. The summed E-state index contributed by atoms with van der Waals surface area (Å²) in [5.74, 6) is 1.07. The highest BCUT2D eigenvalue weighted by Gasteiger charge is 2.22. The van der Waals surface area contributed by atoms with Gasteiger partial charge >= 0.3 is 0 Å². The molecule has 0 fully saturated rings. The maximum absolute atomic E-state index is 4.45. The van der Waals surface area contributed by atoms with Crippen LogP contribution in [0.3, 0.4) is 0 Å². The van der Waals surface area contributed by atoms with Gasteiger partial charge in [-0.1, -0.05) is 20.8 Å². The van der Waals surface area contributed by atoms with Gasteiger partial charge in [-0.05, 0) is 23.1 Å². The highest BCUT2D eigenvalue weighted by Crippen LogP contribution is 2.33. The topological polar surface area (TPSA) is 17.8 Å². The maximum Gasteiger partial charge on any atom is 0.139 e. The van der Waals surface area contributed by atoms with Gasteiger partial charge in [-0.25, -0.2) is 4.98 Å². The molecule has 74 valence electrons. The zero-order chi connectivity index (χ0) is 10.3. The monoisotopic (exact) mass is 188 g/mol. The molecule has 2 heteroatoms. The van der Waals surface area contributed by atoms with E-state index in [0.717, 1.165) is 5.82 Å². The number of hydrogen-bond acceptors (Lipinski definition) is 1. The van der Waals surface area contributed by atoms with Gasteiger partial charge in [0.15, 0.2) is 0 Å². The molecule has 2 rings (SSSR count). The van der Waals surface area contributed by atoms with Crippen molar-refractivity contribution in [2.45, 2.75) is 26.2 Å². The Hall–Kier alpha value is -1.31. The van der Waals surface area contributed by atoms with Crippen LogP contribution in [-0.4, -0.2) is 9.55 Å². The molecule has 0 radical (unpaired) electrons. The predicted molar refractivity (Wildman–Crippen MR) is 58.5 cm³/mol. The van der Waals surface area contributed by atoms with Crippen LogP contribution in [0.2, 0.25) is 0 Å². The van der Waals surface area contributed by atoms with E-state index in [2.05, 4.69) is 42.5 Å². The van der Waals surface area contributed by atoms with E-state index in [1.54, 1.807) is 0 Å². The summed E-state index contributed by atoms with van der Waals surface area (Å²) in [6.07, 6.45) is 4.02. The van der Waals surface area contributed by atoms with Crippen LogP contribution in [0.4, 0.5) is 0 Å². The minimum absolute atomic E-state index is 0.170. The predicted octanol–water partition coefficient (Wildman–Crippen LogP) is 2.82. The summed E-state index contributed by atoms with van der Waals surface area (Å²) >= 11 is 0. The minimum Gasteiger partial charge on any atom is -0.336 e. The van der Waals surface area contributed by atoms with Crippen LogP contribution in [0, 0.1) is 0 Å². The SMILES string of the molecule is Cn1cccc2c(C(C)(C)C)cnc1-2. The van der Waals surface area contributed by atoms with Crippen molar-refractivity contribution in [3.05, 3.63) is 30.1 Å². The van der Waals surface area contributed by atoms with Crippen molar-refractivity contribution in [1.82, 2.24) is 9.55 Å². The molecule has 0 atom stereocenters. The van der Waals surface area contributed by atoms with Crippen molar-refractivity contribution in [3.8, 4) is 11.4 Å². The fourth-order valence-electron chi connectivity index (χ4n) is 1.77. The maximum atomic E-state index is 4.45. The number of aryl methyl sites for hydroxylation is 1. The molecule has 2 aliphatic heterocycles. The summed E-state index contributed by atoms with van der Waals surface area (Å²) in [6, 6.07) is 4.21. The van der Waals surface area contributed by atoms with Crippen molar-refractivity contribution in [3.63, 3.8) is 0 Å². The normalized spacial score (nSPS) is 12.3. The second-order valence-corrected chi connectivity index (χ2v) is 4.78. The molecule has 0 aromatic rings. The Kier molecular flexibility index (Phi) is 1.88. The van der Waals surface area contributed by atoms with Crippen molar-refractivity contribution in [2.24, 2.45) is 7.05 Å². The Balaban J connectivity index is 2.65. The molecule has 0 N–H and O–H groups in total. The molecule has 0 saturated carbocycles. The molecule has 0 spiro atoms. The lowest BCUT2D eigenvalue weighted by molar-refractivity contribution is 0.592. The molecule has 0 unspecified atom stereocenters. The van der Waals surface area contributed by atoms with Crippen LogP contribution < -0.4 is 0 Å². The first kappa shape index (κ1) is 9.25. The standard InChI is InChI=1S/C12H16N2/c1-12(2,3)10-8-13-11-9(10)6-5-7-14(11)4/h5-8H,1-4H3.